The Morgan fingerprint density at radius 2 is 1.65 bits per heavy atom. The smallest absolute Gasteiger partial charge is 0.350 e. The summed E-state index contributed by atoms with van der Waals surface area (Å²) in [5.41, 5.74) is 0.983. The fourth-order valence-electron chi connectivity index (χ4n) is 3.63. The lowest BCUT2D eigenvalue weighted by atomic mass is 10.1. The fourth-order valence-corrected chi connectivity index (χ4v) is 4.01. The minimum absolute atomic E-state index is 0.0659. The molecule has 11 heteroatoms. The molecular weight excluding hydrogens is 530 g/mol. The van der Waals surface area contributed by atoms with Gasteiger partial charge in [0.1, 0.15) is 10.7 Å². The van der Waals surface area contributed by atoms with Gasteiger partial charge in [0.15, 0.2) is 0 Å². The largest absolute Gasteiger partial charge is 0.416 e. The van der Waals surface area contributed by atoms with E-state index in [-0.39, 0.29) is 23.7 Å². The van der Waals surface area contributed by atoms with Crippen LogP contribution in [0.4, 0.5) is 30.2 Å². The van der Waals surface area contributed by atoms with E-state index in [0.717, 1.165) is 17.7 Å². The molecule has 0 saturated carbocycles. The zero-order valence-electron chi connectivity index (χ0n) is 19.1. The molecule has 4 rings (SSSR count). The molecule has 6 nitrogen and oxygen atoms in total. The van der Waals surface area contributed by atoms with Crippen LogP contribution in [0.5, 0.6) is 0 Å². The molecule has 0 radical (unpaired) electrons. The van der Waals surface area contributed by atoms with Crippen LogP contribution in [0, 0.1) is 6.92 Å². The van der Waals surface area contributed by atoms with Crippen LogP contribution in [0.3, 0.4) is 0 Å². The van der Waals surface area contributed by atoms with Crippen LogP contribution >= 0.6 is 23.2 Å². The molecule has 3 aromatic carbocycles. The second-order valence-electron chi connectivity index (χ2n) is 8.19. The number of benzene rings is 3. The summed E-state index contributed by atoms with van der Waals surface area (Å²) in [4.78, 5) is 38.5. The molecule has 3 aromatic rings. The van der Waals surface area contributed by atoms with E-state index < -0.39 is 28.6 Å². The van der Waals surface area contributed by atoms with Gasteiger partial charge in [-0.1, -0.05) is 47.5 Å². The Hall–Kier alpha value is -3.82. The van der Waals surface area contributed by atoms with Crippen molar-refractivity contribution in [2.24, 2.45) is 0 Å². The molecule has 0 bridgehead atoms. The molecule has 0 atom stereocenters. The summed E-state index contributed by atoms with van der Waals surface area (Å²) in [7, 11) is 0. The van der Waals surface area contributed by atoms with Gasteiger partial charge in [0.2, 0.25) is 5.91 Å². The van der Waals surface area contributed by atoms with Gasteiger partial charge in [-0.2, -0.15) is 13.2 Å². The third kappa shape index (κ3) is 5.79. The minimum atomic E-state index is -4.65. The number of amides is 3. The fraction of sp³-hybridized carbons (Fsp3) is 0.115. The van der Waals surface area contributed by atoms with Crippen LogP contribution < -0.4 is 15.5 Å². The maximum Gasteiger partial charge on any atom is 0.416 e. The molecule has 190 valence electrons. The van der Waals surface area contributed by atoms with Crippen molar-refractivity contribution >= 4 is 58.0 Å². The number of imide groups is 1. The third-order valence-corrected chi connectivity index (χ3v) is 6.11. The number of nitrogens with one attached hydrogen (secondary N) is 2. The van der Waals surface area contributed by atoms with Crippen molar-refractivity contribution in [2.45, 2.75) is 19.5 Å². The van der Waals surface area contributed by atoms with Crippen molar-refractivity contribution < 1.29 is 27.6 Å². The highest BCUT2D eigenvalue weighted by molar-refractivity contribution is 6.53. The van der Waals surface area contributed by atoms with E-state index >= 15 is 0 Å². The van der Waals surface area contributed by atoms with Gasteiger partial charge in [0, 0.05) is 16.4 Å². The quantitative estimate of drug-likeness (QED) is 0.356. The van der Waals surface area contributed by atoms with Crippen LogP contribution in [0.1, 0.15) is 16.7 Å². The van der Waals surface area contributed by atoms with E-state index in [0.29, 0.717) is 32.9 Å². The van der Waals surface area contributed by atoms with Crippen LogP contribution in [-0.4, -0.2) is 17.7 Å². The maximum absolute atomic E-state index is 13.1. The average Bonchev–Trinajstić information content (AvgIpc) is 3.05. The summed E-state index contributed by atoms with van der Waals surface area (Å²) in [6.45, 7) is 1.84. The first-order valence-corrected chi connectivity index (χ1v) is 11.6. The van der Waals surface area contributed by atoms with Gasteiger partial charge in [-0.3, -0.25) is 14.4 Å². The number of nitrogens with zero attached hydrogens (tertiary/aromatic N) is 1. The van der Waals surface area contributed by atoms with Crippen LogP contribution in [0.25, 0.3) is 0 Å². The standard InChI is InChI=1S/C26H18Cl2F3N3O3/c1-14-5-8-17(27)13-20(14)33-21(35)11-15-6-9-18(10-7-15)32-23-22(28)24(36)34(25(23)37)19-4-2-3-16(12-19)26(29,30)31/h2-10,12-13,32H,11H2,1H3,(H,33,35). The Morgan fingerprint density at radius 3 is 2.32 bits per heavy atom. The second kappa shape index (κ2) is 10.3. The van der Waals surface area contributed by atoms with Gasteiger partial charge in [-0.15, -0.1) is 0 Å². The van der Waals surface area contributed by atoms with Crippen molar-refractivity contribution in [1.29, 1.82) is 0 Å². The van der Waals surface area contributed by atoms with Crippen LogP contribution in [0.2, 0.25) is 5.02 Å². The molecule has 0 unspecified atom stereocenters. The van der Waals surface area contributed by atoms with E-state index in [1.54, 1.807) is 42.5 Å². The van der Waals surface area contributed by atoms with Gasteiger partial charge in [-0.25, -0.2) is 4.90 Å². The SMILES string of the molecule is Cc1ccc(Cl)cc1NC(=O)Cc1ccc(NC2=C(Cl)C(=O)N(c3cccc(C(F)(F)F)c3)C2=O)cc1. The first kappa shape index (κ1) is 26.2. The van der Waals surface area contributed by atoms with E-state index in [1.807, 2.05) is 6.92 Å². The number of rotatable bonds is 6. The number of halogens is 5. The summed E-state index contributed by atoms with van der Waals surface area (Å²) in [6.07, 6.45) is -4.58. The van der Waals surface area contributed by atoms with Crippen molar-refractivity contribution in [1.82, 2.24) is 0 Å². The third-order valence-electron chi connectivity index (χ3n) is 5.52. The number of anilines is 3. The molecule has 0 spiro atoms. The number of carbonyl (C=O) groups is 3. The average molecular weight is 548 g/mol. The van der Waals surface area contributed by atoms with E-state index in [9.17, 15) is 27.6 Å². The molecule has 1 aliphatic heterocycles. The minimum Gasteiger partial charge on any atom is -0.350 e. The predicted octanol–water partition coefficient (Wildman–Crippen LogP) is 6.28. The van der Waals surface area contributed by atoms with Crippen LogP contribution in [0.15, 0.2) is 77.5 Å². The summed E-state index contributed by atoms with van der Waals surface area (Å²) in [5, 5.41) is 5.59. The number of carbonyl (C=O) groups excluding carboxylic acids is 3. The Morgan fingerprint density at radius 1 is 0.946 bits per heavy atom. The van der Waals surface area contributed by atoms with Gasteiger partial charge in [0.25, 0.3) is 11.8 Å². The van der Waals surface area contributed by atoms with Crippen molar-refractivity contribution in [3.05, 3.63) is 99.2 Å². The highest BCUT2D eigenvalue weighted by Gasteiger charge is 2.40. The Kier molecular flexibility index (Phi) is 7.29. The first-order valence-electron chi connectivity index (χ1n) is 10.8. The van der Waals surface area contributed by atoms with Crippen molar-refractivity contribution in [3.8, 4) is 0 Å². The van der Waals surface area contributed by atoms with E-state index in [4.69, 9.17) is 23.2 Å². The summed E-state index contributed by atoms with van der Waals surface area (Å²) >= 11 is 12.1. The normalized spacial score (nSPS) is 13.8. The molecule has 1 aliphatic rings. The number of hydrogen-bond donors (Lipinski definition) is 2. The predicted molar refractivity (Wildman–Crippen MR) is 135 cm³/mol. The summed E-state index contributed by atoms with van der Waals surface area (Å²) < 4.78 is 39.2. The van der Waals surface area contributed by atoms with Gasteiger partial charge in [0.05, 0.1) is 17.7 Å². The van der Waals surface area contributed by atoms with Gasteiger partial charge >= 0.3 is 6.18 Å². The van der Waals surface area contributed by atoms with Gasteiger partial charge < -0.3 is 10.6 Å². The Balaban J connectivity index is 1.45. The summed E-state index contributed by atoms with van der Waals surface area (Å²) in [5.74, 6) is -2.10. The number of alkyl halides is 3. The van der Waals surface area contributed by atoms with E-state index in [1.165, 1.54) is 6.07 Å². The molecule has 1 heterocycles. The molecule has 0 aromatic heterocycles. The molecule has 0 aliphatic carbocycles. The van der Waals surface area contributed by atoms with Gasteiger partial charge in [-0.05, 0) is 60.5 Å². The lowest BCUT2D eigenvalue weighted by Gasteiger charge is -2.17. The monoisotopic (exact) mass is 547 g/mol. The Bertz CT molecular complexity index is 1440. The molecule has 3 amide bonds. The maximum atomic E-state index is 13.1. The zero-order chi connectivity index (χ0) is 26.9. The second-order valence-corrected chi connectivity index (χ2v) is 9.00. The molecule has 0 saturated heterocycles. The number of hydrogen-bond acceptors (Lipinski definition) is 4. The lowest BCUT2D eigenvalue weighted by molar-refractivity contribution is -0.137. The molecular formula is C26H18Cl2F3N3O3. The molecule has 0 fully saturated rings. The summed E-state index contributed by atoms with van der Waals surface area (Å²) in [6, 6.07) is 15.5. The van der Waals surface area contributed by atoms with E-state index in [2.05, 4.69) is 10.6 Å². The number of aryl methyl sites for hydroxylation is 1. The zero-order valence-corrected chi connectivity index (χ0v) is 20.6. The first-order chi connectivity index (χ1) is 17.4. The molecule has 2 N–H and O–H groups in total. The van der Waals surface area contributed by atoms with Crippen molar-refractivity contribution in [3.63, 3.8) is 0 Å². The van der Waals surface area contributed by atoms with Crippen LogP contribution in [-0.2, 0) is 27.0 Å². The lowest BCUT2D eigenvalue weighted by Crippen LogP contribution is -2.32. The van der Waals surface area contributed by atoms with Crippen molar-refractivity contribution in [2.75, 3.05) is 15.5 Å². The topological polar surface area (TPSA) is 78.5 Å². The highest BCUT2D eigenvalue weighted by atomic mass is 35.5. The molecule has 37 heavy (non-hydrogen) atoms. The highest BCUT2D eigenvalue weighted by Crippen LogP contribution is 2.35. The Labute approximate surface area is 219 Å².